The molecule has 4 heteroatoms. The van der Waals surface area contributed by atoms with Gasteiger partial charge in [-0.25, -0.2) is 4.98 Å². The minimum absolute atomic E-state index is 0.133. The van der Waals surface area contributed by atoms with Crippen molar-refractivity contribution in [3.63, 3.8) is 0 Å². The minimum atomic E-state index is -0.133. The average molecular weight is 478 g/mol. The first-order valence-electron chi connectivity index (χ1n) is 9.20. The van der Waals surface area contributed by atoms with Crippen LogP contribution in [0.3, 0.4) is 0 Å². The van der Waals surface area contributed by atoms with Crippen LogP contribution in [0.25, 0.3) is 22.2 Å². The largest absolute Gasteiger partial charge is 0.322 e. The predicted octanol–water partition coefficient (Wildman–Crippen LogP) is 6.32. The van der Waals surface area contributed by atoms with E-state index >= 15 is 0 Å². The lowest BCUT2D eigenvalue weighted by Gasteiger charge is -2.11. The van der Waals surface area contributed by atoms with Gasteiger partial charge >= 0.3 is 0 Å². The number of benzene rings is 3. The number of halogens is 1. The number of nitrogens with zero attached hydrogens (tertiary/aromatic N) is 1. The van der Waals surface area contributed by atoms with Crippen molar-refractivity contribution in [3.05, 3.63) is 93.6 Å². The van der Waals surface area contributed by atoms with Crippen LogP contribution in [-0.4, -0.2) is 10.9 Å². The summed E-state index contributed by atoms with van der Waals surface area (Å²) >= 11 is 2.25. The standard InChI is InChI=1S/C24H19IN2O/c1-2-16-7-9-17(10-8-16)23-15-21(20-5-3-4-6-22(20)27-23)24(28)26-19-13-11-18(25)12-14-19/h3-15H,2H2,1H3,(H,26,28). The molecule has 1 amide bonds. The third kappa shape index (κ3) is 3.92. The zero-order valence-corrected chi connectivity index (χ0v) is 17.6. The van der Waals surface area contributed by atoms with Gasteiger partial charge in [-0.15, -0.1) is 0 Å². The second-order valence-corrected chi connectivity index (χ2v) is 7.83. The first-order chi connectivity index (χ1) is 13.6. The SMILES string of the molecule is CCc1ccc(-c2cc(C(=O)Nc3ccc(I)cc3)c3ccccc3n2)cc1. The van der Waals surface area contributed by atoms with Gasteiger partial charge in [-0.3, -0.25) is 4.79 Å². The first-order valence-corrected chi connectivity index (χ1v) is 10.3. The Balaban J connectivity index is 1.77. The molecule has 0 unspecified atom stereocenters. The van der Waals surface area contributed by atoms with Gasteiger partial charge in [0.05, 0.1) is 16.8 Å². The second-order valence-electron chi connectivity index (χ2n) is 6.58. The monoisotopic (exact) mass is 478 g/mol. The van der Waals surface area contributed by atoms with Crippen molar-refractivity contribution in [2.45, 2.75) is 13.3 Å². The van der Waals surface area contributed by atoms with Crippen molar-refractivity contribution in [2.24, 2.45) is 0 Å². The fourth-order valence-electron chi connectivity index (χ4n) is 3.15. The molecule has 3 nitrogen and oxygen atoms in total. The van der Waals surface area contributed by atoms with Crippen LogP contribution in [0.4, 0.5) is 5.69 Å². The van der Waals surface area contributed by atoms with Crippen LogP contribution >= 0.6 is 22.6 Å². The number of anilines is 1. The summed E-state index contributed by atoms with van der Waals surface area (Å²) in [7, 11) is 0. The van der Waals surface area contributed by atoms with Crippen LogP contribution in [-0.2, 0) is 6.42 Å². The van der Waals surface area contributed by atoms with Crippen molar-refractivity contribution >= 4 is 45.1 Å². The highest BCUT2D eigenvalue weighted by Gasteiger charge is 2.14. The molecule has 1 aromatic heterocycles. The van der Waals surface area contributed by atoms with Gasteiger partial charge < -0.3 is 5.32 Å². The summed E-state index contributed by atoms with van der Waals surface area (Å²) in [6.45, 7) is 2.14. The van der Waals surface area contributed by atoms with Crippen molar-refractivity contribution in [2.75, 3.05) is 5.32 Å². The van der Waals surface area contributed by atoms with E-state index in [0.29, 0.717) is 5.56 Å². The number of para-hydroxylation sites is 1. The maximum Gasteiger partial charge on any atom is 0.256 e. The third-order valence-corrected chi connectivity index (χ3v) is 5.44. The Morgan fingerprint density at radius 3 is 2.39 bits per heavy atom. The van der Waals surface area contributed by atoms with E-state index in [2.05, 4.69) is 59.1 Å². The van der Waals surface area contributed by atoms with Gasteiger partial charge in [0.1, 0.15) is 0 Å². The summed E-state index contributed by atoms with van der Waals surface area (Å²) in [5.41, 5.74) is 5.30. The van der Waals surface area contributed by atoms with E-state index in [4.69, 9.17) is 4.98 Å². The molecule has 0 fully saturated rings. The molecular formula is C24H19IN2O. The van der Waals surface area contributed by atoms with Gasteiger partial charge in [0.2, 0.25) is 0 Å². The summed E-state index contributed by atoms with van der Waals surface area (Å²) in [6, 6.07) is 25.8. The number of amides is 1. The van der Waals surface area contributed by atoms with Gasteiger partial charge in [-0.2, -0.15) is 0 Å². The van der Waals surface area contributed by atoms with Crippen LogP contribution in [0.1, 0.15) is 22.8 Å². The normalized spacial score (nSPS) is 10.8. The van der Waals surface area contributed by atoms with Gasteiger partial charge in [-0.1, -0.05) is 49.4 Å². The number of carbonyl (C=O) groups excluding carboxylic acids is 1. The van der Waals surface area contributed by atoms with E-state index in [9.17, 15) is 4.79 Å². The zero-order chi connectivity index (χ0) is 19.5. The van der Waals surface area contributed by atoms with Crippen LogP contribution < -0.4 is 5.32 Å². The van der Waals surface area contributed by atoms with Crippen LogP contribution in [0.15, 0.2) is 78.9 Å². The molecule has 3 aromatic carbocycles. The van der Waals surface area contributed by atoms with E-state index in [0.717, 1.165) is 37.8 Å². The smallest absolute Gasteiger partial charge is 0.256 e. The lowest BCUT2D eigenvalue weighted by Crippen LogP contribution is -2.13. The molecular weight excluding hydrogens is 459 g/mol. The molecule has 0 radical (unpaired) electrons. The molecule has 0 aliphatic heterocycles. The topological polar surface area (TPSA) is 42.0 Å². The number of rotatable bonds is 4. The predicted molar refractivity (Wildman–Crippen MR) is 124 cm³/mol. The maximum atomic E-state index is 13.1. The number of nitrogens with one attached hydrogen (secondary N) is 1. The molecule has 0 saturated carbocycles. The number of aromatic nitrogens is 1. The number of carbonyl (C=O) groups is 1. The summed E-state index contributed by atoms with van der Waals surface area (Å²) in [4.78, 5) is 17.8. The molecule has 4 aromatic rings. The lowest BCUT2D eigenvalue weighted by molar-refractivity contribution is 0.102. The molecule has 0 aliphatic carbocycles. The molecule has 138 valence electrons. The Morgan fingerprint density at radius 2 is 1.68 bits per heavy atom. The number of aryl methyl sites for hydroxylation is 1. The Morgan fingerprint density at radius 1 is 0.964 bits per heavy atom. The van der Waals surface area contributed by atoms with Gasteiger partial charge in [0.25, 0.3) is 5.91 Å². The highest BCUT2D eigenvalue weighted by molar-refractivity contribution is 14.1. The van der Waals surface area contributed by atoms with Crippen molar-refractivity contribution in [3.8, 4) is 11.3 Å². The van der Waals surface area contributed by atoms with Gasteiger partial charge in [0.15, 0.2) is 0 Å². The van der Waals surface area contributed by atoms with E-state index in [1.807, 2.05) is 54.6 Å². The first kappa shape index (κ1) is 18.6. The number of hydrogen-bond acceptors (Lipinski definition) is 2. The van der Waals surface area contributed by atoms with Crippen LogP contribution in [0, 0.1) is 3.57 Å². The minimum Gasteiger partial charge on any atom is -0.322 e. The molecule has 0 bridgehead atoms. The lowest BCUT2D eigenvalue weighted by atomic mass is 10.0. The maximum absolute atomic E-state index is 13.1. The Bertz CT molecular complexity index is 1140. The summed E-state index contributed by atoms with van der Waals surface area (Å²) in [6.07, 6.45) is 0.995. The molecule has 4 rings (SSSR count). The molecule has 0 atom stereocenters. The molecule has 1 heterocycles. The second kappa shape index (κ2) is 8.10. The van der Waals surface area contributed by atoms with Gasteiger partial charge in [0, 0.05) is 20.2 Å². The average Bonchev–Trinajstić information content (AvgIpc) is 2.74. The highest BCUT2D eigenvalue weighted by atomic mass is 127. The van der Waals surface area contributed by atoms with Gasteiger partial charge in [-0.05, 0) is 71.0 Å². The van der Waals surface area contributed by atoms with Crippen molar-refractivity contribution < 1.29 is 4.79 Å². The number of fused-ring (bicyclic) bond motifs is 1. The molecule has 0 saturated heterocycles. The summed E-state index contributed by atoms with van der Waals surface area (Å²) < 4.78 is 1.13. The molecule has 0 aliphatic rings. The number of pyridine rings is 1. The van der Waals surface area contributed by atoms with Crippen molar-refractivity contribution in [1.82, 2.24) is 4.98 Å². The van der Waals surface area contributed by atoms with Crippen molar-refractivity contribution in [1.29, 1.82) is 0 Å². The molecule has 0 spiro atoms. The summed E-state index contributed by atoms with van der Waals surface area (Å²) in [5.74, 6) is -0.133. The van der Waals surface area contributed by atoms with E-state index in [1.165, 1.54) is 5.56 Å². The van der Waals surface area contributed by atoms with Crippen LogP contribution in [0.5, 0.6) is 0 Å². The van der Waals surface area contributed by atoms with Crippen LogP contribution in [0.2, 0.25) is 0 Å². The Hall–Kier alpha value is -2.73. The number of hydrogen-bond donors (Lipinski definition) is 1. The van der Waals surface area contributed by atoms with E-state index in [-0.39, 0.29) is 5.91 Å². The third-order valence-electron chi connectivity index (χ3n) is 4.72. The molecule has 1 N–H and O–H groups in total. The molecule has 28 heavy (non-hydrogen) atoms. The summed E-state index contributed by atoms with van der Waals surface area (Å²) in [5, 5.41) is 3.85. The quantitative estimate of drug-likeness (QED) is 0.349. The Labute approximate surface area is 178 Å². The fourth-order valence-corrected chi connectivity index (χ4v) is 3.51. The van der Waals surface area contributed by atoms with E-state index in [1.54, 1.807) is 0 Å². The fraction of sp³-hybridized carbons (Fsp3) is 0.0833. The Kier molecular flexibility index (Phi) is 5.39. The zero-order valence-electron chi connectivity index (χ0n) is 15.4. The van der Waals surface area contributed by atoms with E-state index < -0.39 is 0 Å². The highest BCUT2D eigenvalue weighted by Crippen LogP contribution is 2.26.